The number of rotatable bonds is 3. The molecular formula is C13H18F3NO4. The predicted molar refractivity (Wildman–Crippen MR) is 65.3 cm³/mol. The van der Waals surface area contributed by atoms with Crippen LogP contribution in [0.15, 0.2) is 0 Å². The molecule has 0 bridgehead atoms. The van der Waals surface area contributed by atoms with E-state index in [9.17, 15) is 33.0 Å². The predicted octanol–water partition coefficient (Wildman–Crippen LogP) is 1.40. The second kappa shape index (κ2) is 4.86. The normalized spacial score (nSPS) is 25.3. The van der Waals surface area contributed by atoms with Crippen LogP contribution in [0.1, 0.15) is 32.6 Å². The van der Waals surface area contributed by atoms with E-state index in [1.807, 2.05) is 0 Å². The van der Waals surface area contributed by atoms with E-state index in [1.54, 1.807) is 0 Å². The number of likely N-dealkylation sites (tertiary alicyclic amines) is 1. The second-order valence-electron chi connectivity index (χ2n) is 6.10. The second-order valence-corrected chi connectivity index (χ2v) is 6.10. The van der Waals surface area contributed by atoms with Gasteiger partial charge in [-0.3, -0.25) is 9.59 Å². The number of amides is 1. The fraction of sp³-hybridized carbons (Fsp3) is 0.846. The van der Waals surface area contributed by atoms with Crippen molar-refractivity contribution in [3.8, 4) is 0 Å². The molecule has 1 heterocycles. The maximum absolute atomic E-state index is 12.6. The fourth-order valence-electron chi connectivity index (χ4n) is 3.00. The molecule has 1 saturated heterocycles. The molecule has 5 nitrogen and oxygen atoms in total. The Morgan fingerprint density at radius 1 is 1.19 bits per heavy atom. The molecule has 0 radical (unpaired) electrons. The summed E-state index contributed by atoms with van der Waals surface area (Å²) in [5.41, 5.74) is -4.15. The minimum absolute atomic E-state index is 0.0464. The number of carbonyl (C=O) groups is 2. The number of aliphatic carboxylic acids is 1. The van der Waals surface area contributed by atoms with E-state index >= 15 is 0 Å². The first-order valence-corrected chi connectivity index (χ1v) is 6.84. The van der Waals surface area contributed by atoms with E-state index in [0.29, 0.717) is 32.6 Å². The van der Waals surface area contributed by atoms with Gasteiger partial charge < -0.3 is 15.1 Å². The van der Waals surface area contributed by atoms with Gasteiger partial charge in [0.2, 0.25) is 5.60 Å². The lowest BCUT2D eigenvalue weighted by Crippen LogP contribution is -2.57. The average molecular weight is 309 g/mol. The molecule has 2 rings (SSSR count). The molecule has 8 heteroatoms. The Labute approximate surface area is 119 Å². The number of aliphatic hydroxyl groups is 1. The minimum atomic E-state index is -5.03. The van der Waals surface area contributed by atoms with Crippen molar-refractivity contribution in [2.75, 3.05) is 13.1 Å². The average Bonchev–Trinajstić information content (AvgIpc) is 3.18. The maximum atomic E-state index is 12.6. The van der Waals surface area contributed by atoms with Gasteiger partial charge in [0.25, 0.3) is 5.91 Å². The third-order valence-corrected chi connectivity index (χ3v) is 4.75. The number of alkyl halides is 3. The highest BCUT2D eigenvalue weighted by molar-refractivity contribution is 5.85. The number of carbonyl (C=O) groups excluding carboxylic acids is 1. The summed E-state index contributed by atoms with van der Waals surface area (Å²) in [5.74, 6) is -2.35. The number of carboxylic acids is 1. The van der Waals surface area contributed by atoms with Crippen LogP contribution >= 0.6 is 0 Å². The highest BCUT2D eigenvalue weighted by Crippen LogP contribution is 2.55. The van der Waals surface area contributed by atoms with E-state index in [1.165, 1.54) is 0 Å². The Hall–Kier alpha value is -1.31. The molecule has 1 atom stereocenters. The van der Waals surface area contributed by atoms with Crippen LogP contribution in [0.4, 0.5) is 13.2 Å². The number of halogens is 3. The van der Waals surface area contributed by atoms with Gasteiger partial charge in [-0.25, -0.2) is 0 Å². The highest BCUT2D eigenvalue weighted by Gasteiger charge is 2.59. The molecule has 0 unspecified atom stereocenters. The van der Waals surface area contributed by atoms with Gasteiger partial charge in [0.05, 0.1) is 5.41 Å². The van der Waals surface area contributed by atoms with Gasteiger partial charge in [0, 0.05) is 13.1 Å². The van der Waals surface area contributed by atoms with Crippen molar-refractivity contribution in [3.05, 3.63) is 0 Å². The van der Waals surface area contributed by atoms with Crippen molar-refractivity contribution >= 4 is 11.9 Å². The summed E-state index contributed by atoms with van der Waals surface area (Å²) in [4.78, 5) is 24.0. The molecule has 2 fully saturated rings. The topological polar surface area (TPSA) is 77.8 Å². The highest BCUT2D eigenvalue weighted by atomic mass is 19.4. The molecule has 1 saturated carbocycles. The van der Waals surface area contributed by atoms with Crippen molar-refractivity contribution in [2.24, 2.45) is 11.3 Å². The van der Waals surface area contributed by atoms with Gasteiger partial charge in [-0.05, 0) is 38.5 Å². The van der Waals surface area contributed by atoms with Crippen molar-refractivity contribution < 1.29 is 33.0 Å². The summed E-state index contributed by atoms with van der Waals surface area (Å²) in [6, 6.07) is 0. The molecule has 0 aromatic heterocycles. The van der Waals surface area contributed by atoms with Crippen LogP contribution < -0.4 is 0 Å². The van der Waals surface area contributed by atoms with Gasteiger partial charge in [-0.1, -0.05) is 0 Å². The Bertz CT molecular complexity index is 449. The Kier molecular flexibility index (Phi) is 3.72. The molecule has 1 aliphatic heterocycles. The molecule has 2 aliphatic rings. The lowest BCUT2D eigenvalue weighted by molar-refractivity contribution is -0.250. The van der Waals surface area contributed by atoms with Crippen molar-refractivity contribution in [1.29, 1.82) is 0 Å². The van der Waals surface area contributed by atoms with Crippen LogP contribution in [-0.2, 0) is 9.59 Å². The number of nitrogens with zero attached hydrogens (tertiary/aromatic N) is 1. The number of hydrogen-bond donors (Lipinski definition) is 2. The zero-order valence-corrected chi connectivity index (χ0v) is 11.6. The largest absolute Gasteiger partial charge is 0.481 e. The lowest BCUT2D eigenvalue weighted by atomic mass is 9.81. The third kappa shape index (κ3) is 2.61. The van der Waals surface area contributed by atoms with Gasteiger partial charge in [0.15, 0.2) is 0 Å². The Balaban J connectivity index is 1.99. The molecule has 2 N–H and O–H groups in total. The van der Waals surface area contributed by atoms with Gasteiger partial charge in [0.1, 0.15) is 0 Å². The van der Waals surface area contributed by atoms with E-state index < -0.39 is 29.1 Å². The van der Waals surface area contributed by atoms with Crippen LogP contribution in [0.25, 0.3) is 0 Å². The number of carboxylic acid groups (broad SMARTS) is 1. The summed E-state index contributed by atoms with van der Waals surface area (Å²) in [7, 11) is 0. The molecule has 1 aliphatic carbocycles. The van der Waals surface area contributed by atoms with Crippen LogP contribution in [0.5, 0.6) is 0 Å². The van der Waals surface area contributed by atoms with E-state index in [0.717, 1.165) is 4.90 Å². The first-order valence-electron chi connectivity index (χ1n) is 6.84. The van der Waals surface area contributed by atoms with Crippen molar-refractivity contribution in [2.45, 2.75) is 44.4 Å². The zero-order valence-electron chi connectivity index (χ0n) is 11.6. The summed E-state index contributed by atoms with van der Waals surface area (Å²) in [6.45, 7) is 0.538. The molecule has 120 valence electrons. The van der Waals surface area contributed by atoms with Crippen molar-refractivity contribution in [1.82, 2.24) is 4.90 Å². The van der Waals surface area contributed by atoms with E-state index in [2.05, 4.69) is 0 Å². The first kappa shape index (κ1) is 16.1. The SMILES string of the molecule is C[C@@](O)(C(=O)N1CCC(C2(C(=O)O)CC2)CC1)C(F)(F)F. The Morgan fingerprint density at radius 2 is 1.67 bits per heavy atom. The van der Waals surface area contributed by atoms with Gasteiger partial charge in [-0.2, -0.15) is 13.2 Å². The van der Waals surface area contributed by atoms with Crippen LogP contribution in [0.2, 0.25) is 0 Å². The van der Waals surface area contributed by atoms with Crippen molar-refractivity contribution in [3.63, 3.8) is 0 Å². The quantitative estimate of drug-likeness (QED) is 0.826. The van der Waals surface area contributed by atoms with Gasteiger partial charge in [-0.15, -0.1) is 0 Å². The first-order chi connectivity index (χ1) is 9.52. The molecule has 1 amide bonds. The third-order valence-electron chi connectivity index (χ3n) is 4.75. The molecule has 0 spiro atoms. The zero-order chi connectivity index (χ0) is 16.1. The summed E-state index contributed by atoms with van der Waals surface area (Å²) in [5, 5.41) is 18.6. The molecule has 21 heavy (non-hydrogen) atoms. The lowest BCUT2D eigenvalue weighted by Gasteiger charge is -2.38. The Morgan fingerprint density at radius 3 is 2.00 bits per heavy atom. The summed E-state index contributed by atoms with van der Waals surface area (Å²) in [6.07, 6.45) is -3.15. The minimum Gasteiger partial charge on any atom is -0.481 e. The number of hydrogen-bond acceptors (Lipinski definition) is 3. The fourth-order valence-corrected chi connectivity index (χ4v) is 3.00. The monoisotopic (exact) mass is 309 g/mol. The summed E-state index contributed by atoms with van der Waals surface area (Å²) >= 11 is 0. The van der Waals surface area contributed by atoms with E-state index in [4.69, 9.17) is 0 Å². The smallest absolute Gasteiger partial charge is 0.426 e. The molecular weight excluding hydrogens is 291 g/mol. The summed E-state index contributed by atoms with van der Waals surface area (Å²) < 4.78 is 37.9. The van der Waals surface area contributed by atoms with Crippen LogP contribution in [0.3, 0.4) is 0 Å². The van der Waals surface area contributed by atoms with E-state index in [-0.39, 0.29) is 19.0 Å². The number of piperidine rings is 1. The van der Waals surface area contributed by atoms with Crippen LogP contribution in [-0.4, -0.2) is 51.9 Å². The van der Waals surface area contributed by atoms with Gasteiger partial charge >= 0.3 is 12.1 Å². The molecule has 0 aromatic carbocycles. The standard InChI is InChI=1S/C13H18F3NO4/c1-11(21,13(14,15)16)9(18)17-6-2-8(3-7-17)12(4-5-12)10(19)20/h8,21H,2-7H2,1H3,(H,19,20)/t11-/m1/s1. The van der Waals surface area contributed by atoms with Crippen LogP contribution in [0, 0.1) is 11.3 Å². The maximum Gasteiger partial charge on any atom is 0.426 e. The molecule has 0 aromatic rings.